The second kappa shape index (κ2) is 3.75. The topological polar surface area (TPSA) is 61.6 Å². The summed E-state index contributed by atoms with van der Waals surface area (Å²) in [7, 11) is 0. The van der Waals surface area contributed by atoms with E-state index in [-0.39, 0.29) is 11.3 Å². The molecule has 5 heteroatoms. The first-order chi connectivity index (χ1) is 7.20. The van der Waals surface area contributed by atoms with E-state index in [2.05, 4.69) is 21.0 Å². The second-order valence-corrected chi connectivity index (χ2v) is 3.85. The first-order valence-electron chi connectivity index (χ1n) is 4.19. The van der Waals surface area contributed by atoms with Crippen LogP contribution in [-0.2, 0) is 0 Å². The zero-order valence-corrected chi connectivity index (χ0v) is 9.15. The van der Waals surface area contributed by atoms with E-state index in [1.54, 1.807) is 12.1 Å². The summed E-state index contributed by atoms with van der Waals surface area (Å²) in [6.07, 6.45) is 0. The van der Waals surface area contributed by atoms with Crippen LogP contribution in [0.2, 0.25) is 0 Å². The molecule has 0 saturated heterocycles. The summed E-state index contributed by atoms with van der Waals surface area (Å²) in [5, 5.41) is 11.3. The van der Waals surface area contributed by atoms with Crippen LogP contribution in [0.1, 0.15) is 5.69 Å². The van der Waals surface area contributed by atoms with Crippen molar-refractivity contribution in [2.75, 3.05) is 0 Å². The lowest BCUT2D eigenvalue weighted by atomic mass is 10.3. The predicted molar refractivity (Wildman–Crippen MR) is 58.8 cm³/mol. The molecule has 0 bridgehead atoms. The molecule has 0 spiro atoms. The Kier molecular flexibility index (Phi) is 2.44. The lowest BCUT2D eigenvalue weighted by molar-refractivity contribution is 0.843. The molecule has 0 radical (unpaired) electrons. The van der Waals surface area contributed by atoms with Gasteiger partial charge >= 0.3 is 0 Å². The average Bonchev–Trinajstić information content (AvgIpc) is 2.61. The molecule has 2 aromatic rings. The number of nitriles is 1. The van der Waals surface area contributed by atoms with Gasteiger partial charge in [-0.3, -0.25) is 9.89 Å². The molecule has 0 unspecified atom stereocenters. The molecule has 0 fully saturated rings. The average molecular weight is 264 g/mol. The SMILES string of the molecule is N#Cc1cc(=O)n(-c2ccc(Br)cc2)[nH]1. The van der Waals surface area contributed by atoms with Crippen molar-refractivity contribution in [2.45, 2.75) is 0 Å². The minimum Gasteiger partial charge on any atom is -0.281 e. The molecule has 1 N–H and O–H groups in total. The van der Waals surface area contributed by atoms with Crippen molar-refractivity contribution in [2.24, 2.45) is 0 Å². The third-order valence-corrected chi connectivity index (χ3v) is 2.45. The van der Waals surface area contributed by atoms with E-state index >= 15 is 0 Å². The fourth-order valence-electron chi connectivity index (χ4n) is 1.24. The van der Waals surface area contributed by atoms with Crippen molar-refractivity contribution >= 4 is 15.9 Å². The van der Waals surface area contributed by atoms with Gasteiger partial charge in [0.15, 0.2) is 0 Å². The van der Waals surface area contributed by atoms with Gasteiger partial charge in [0.2, 0.25) is 0 Å². The first-order valence-corrected chi connectivity index (χ1v) is 4.98. The number of nitrogens with zero attached hydrogens (tertiary/aromatic N) is 2. The maximum absolute atomic E-state index is 11.5. The summed E-state index contributed by atoms with van der Waals surface area (Å²) in [6.45, 7) is 0. The maximum Gasteiger partial charge on any atom is 0.272 e. The Morgan fingerprint density at radius 2 is 2.00 bits per heavy atom. The molecular weight excluding hydrogens is 258 g/mol. The number of halogens is 1. The summed E-state index contributed by atoms with van der Waals surface area (Å²) >= 11 is 3.31. The standard InChI is InChI=1S/C10H6BrN3O/c11-7-1-3-9(4-2-7)14-10(15)5-8(6-12)13-14/h1-5,13H. The highest BCUT2D eigenvalue weighted by molar-refractivity contribution is 9.10. The lowest BCUT2D eigenvalue weighted by Crippen LogP contribution is -2.13. The largest absolute Gasteiger partial charge is 0.281 e. The van der Waals surface area contributed by atoms with E-state index in [9.17, 15) is 4.79 Å². The maximum atomic E-state index is 11.5. The van der Waals surface area contributed by atoms with Crippen LogP contribution >= 0.6 is 15.9 Å². The van der Waals surface area contributed by atoms with Gasteiger partial charge in [-0.25, -0.2) is 4.68 Å². The number of aromatic nitrogens is 2. The van der Waals surface area contributed by atoms with Crippen LogP contribution in [0.3, 0.4) is 0 Å². The van der Waals surface area contributed by atoms with Gasteiger partial charge in [-0.15, -0.1) is 0 Å². The highest BCUT2D eigenvalue weighted by Crippen LogP contribution is 2.12. The smallest absolute Gasteiger partial charge is 0.272 e. The summed E-state index contributed by atoms with van der Waals surface area (Å²) in [5.41, 5.74) is 0.710. The molecule has 1 aromatic carbocycles. The Bertz CT molecular complexity index is 574. The summed E-state index contributed by atoms with van der Waals surface area (Å²) < 4.78 is 2.26. The Balaban J connectivity index is 2.55. The number of benzene rings is 1. The number of hydrogen-bond donors (Lipinski definition) is 1. The number of H-pyrrole nitrogens is 1. The van der Waals surface area contributed by atoms with Gasteiger partial charge in [-0.05, 0) is 24.3 Å². The van der Waals surface area contributed by atoms with E-state index in [1.165, 1.54) is 10.7 Å². The van der Waals surface area contributed by atoms with Crippen molar-refractivity contribution in [3.05, 3.63) is 50.9 Å². The molecule has 74 valence electrons. The lowest BCUT2D eigenvalue weighted by Gasteiger charge is -2.00. The van der Waals surface area contributed by atoms with Crippen LogP contribution < -0.4 is 5.56 Å². The fourth-order valence-corrected chi connectivity index (χ4v) is 1.50. The Morgan fingerprint density at radius 3 is 2.53 bits per heavy atom. The molecule has 15 heavy (non-hydrogen) atoms. The Morgan fingerprint density at radius 1 is 1.33 bits per heavy atom. The van der Waals surface area contributed by atoms with Crippen LogP contribution in [0.4, 0.5) is 0 Å². The van der Waals surface area contributed by atoms with E-state index in [1.807, 2.05) is 18.2 Å². The molecule has 0 saturated carbocycles. The third-order valence-electron chi connectivity index (χ3n) is 1.93. The van der Waals surface area contributed by atoms with Crippen molar-refractivity contribution in [3.63, 3.8) is 0 Å². The van der Waals surface area contributed by atoms with Crippen molar-refractivity contribution in [1.29, 1.82) is 5.26 Å². The molecule has 0 atom stereocenters. The highest BCUT2D eigenvalue weighted by atomic mass is 79.9. The van der Waals surface area contributed by atoms with Crippen LogP contribution in [0.5, 0.6) is 0 Å². The highest BCUT2D eigenvalue weighted by Gasteiger charge is 2.03. The van der Waals surface area contributed by atoms with Crippen LogP contribution in [0, 0.1) is 11.3 Å². The van der Waals surface area contributed by atoms with E-state index in [4.69, 9.17) is 5.26 Å². The fraction of sp³-hybridized carbons (Fsp3) is 0. The van der Waals surface area contributed by atoms with Gasteiger partial charge < -0.3 is 0 Å². The number of hydrogen-bond acceptors (Lipinski definition) is 2. The zero-order valence-electron chi connectivity index (χ0n) is 7.57. The van der Waals surface area contributed by atoms with Gasteiger partial charge in [-0.1, -0.05) is 15.9 Å². The molecule has 0 aliphatic heterocycles. The van der Waals surface area contributed by atoms with Crippen LogP contribution in [-0.4, -0.2) is 9.78 Å². The number of rotatable bonds is 1. The second-order valence-electron chi connectivity index (χ2n) is 2.93. The number of aromatic amines is 1. The normalized spacial score (nSPS) is 9.87. The monoisotopic (exact) mass is 263 g/mol. The van der Waals surface area contributed by atoms with E-state index in [0.29, 0.717) is 5.69 Å². The molecule has 0 aliphatic rings. The summed E-state index contributed by atoms with van der Waals surface area (Å²) in [5.74, 6) is 0. The van der Waals surface area contributed by atoms with Crippen molar-refractivity contribution in [3.8, 4) is 11.8 Å². The minimum absolute atomic E-state index is 0.242. The van der Waals surface area contributed by atoms with Gasteiger partial charge in [0.25, 0.3) is 5.56 Å². The zero-order chi connectivity index (χ0) is 10.8. The summed E-state index contributed by atoms with van der Waals surface area (Å²) in [6, 6.07) is 10.4. The van der Waals surface area contributed by atoms with Crippen molar-refractivity contribution in [1.82, 2.24) is 9.78 Å². The van der Waals surface area contributed by atoms with Crippen LogP contribution in [0.25, 0.3) is 5.69 Å². The quantitative estimate of drug-likeness (QED) is 0.853. The van der Waals surface area contributed by atoms with E-state index in [0.717, 1.165) is 4.47 Å². The molecule has 0 amide bonds. The molecule has 4 nitrogen and oxygen atoms in total. The molecular formula is C10H6BrN3O. The van der Waals surface area contributed by atoms with Crippen LogP contribution in [0.15, 0.2) is 39.6 Å². The minimum atomic E-state index is -0.242. The van der Waals surface area contributed by atoms with Crippen molar-refractivity contribution < 1.29 is 0 Å². The molecule has 2 rings (SSSR count). The molecule has 0 aliphatic carbocycles. The van der Waals surface area contributed by atoms with Gasteiger partial charge in [0.1, 0.15) is 11.8 Å². The Labute approximate surface area is 93.9 Å². The molecule has 1 aromatic heterocycles. The Hall–Kier alpha value is -1.80. The first kappa shape index (κ1) is 9.74. The number of nitrogens with one attached hydrogen (secondary N) is 1. The molecule has 1 heterocycles. The predicted octanol–water partition coefficient (Wildman–Crippen LogP) is 1.80. The van der Waals surface area contributed by atoms with Gasteiger partial charge in [-0.2, -0.15) is 5.26 Å². The van der Waals surface area contributed by atoms with E-state index < -0.39 is 0 Å². The van der Waals surface area contributed by atoms with Gasteiger partial charge in [0.05, 0.1) is 5.69 Å². The summed E-state index contributed by atoms with van der Waals surface area (Å²) in [4.78, 5) is 11.5. The third kappa shape index (κ3) is 1.85. The van der Waals surface area contributed by atoms with Gasteiger partial charge in [0, 0.05) is 10.5 Å².